The lowest BCUT2D eigenvalue weighted by atomic mass is 10.2. The number of rotatable bonds is 4. The number of amides is 1. The first-order valence-electron chi connectivity index (χ1n) is 7.59. The van der Waals surface area contributed by atoms with Gasteiger partial charge in [-0.2, -0.15) is 0 Å². The number of nitrogens with zero attached hydrogens (tertiary/aromatic N) is 1. The lowest BCUT2D eigenvalue weighted by Crippen LogP contribution is -2.27. The van der Waals surface area contributed by atoms with Crippen LogP contribution < -0.4 is 9.64 Å². The van der Waals surface area contributed by atoms with Crippen molar-refractivity contribution in [2.75, 3.05) is 11.5 Å². The molecule has 0 aromatic heterocycles. The van der Waals surface area contributed by atoms with Gasteiger partial charge in [-0.25, -0.2) is 0 Å². The molecule has 0 atom stereocenters. The standard InChI is InChI=1S/C18H13BrClNO3S2/c1-2-24-15-7-10(3-6-14(15)22)8-16-17(23)21(18(25)26-16)11-4-5-12(19)13(20)9-11/h3-9,22H,2H2,1H3/b16-8+. The van der Waals surface area contributed by atoms with E-state index in [1.807, 2.05) is 6.92 Å². The van der Waals surface area contributed by atoms with Crippen molar-refractivity contribution in [1.29, 1.82) is 0 Å². The number of carbonyl (C=O) groups is 1. The Hall–Kier alpha value is -1.54. The van der Waals surface area contributed by atoms with Crippen LogP contribution in [0.3, 0.4) is 0 Å². The highest BCUT2D eigenvalue weighted by molar-refractivity contribution is 9.10. The maximum absolute atomic E-state index is 12.8. The molecule has 0 unspecified atom stereocenters. The Labute approximate surface area is 173 Å². The maximum Gasteiger partial charge on any atom is 0.270 e. The Bertz CT molecular complexity index is 933. The van der Waals surface area contributed by atoms with Crippen molar-refractivity contribution in [2.45, 2.75) is 6.92 Å². The number of hydrogen-bond acceptors (Lipinski definition) is 5. The maximum atomic E-state index is 12.8. The number of phenolic OH excluding ortho intramolecular Hbond substituents is 1. The number of thioether (sulfide) groups is 1. The highest BCUT2D eigenvalue weighted by Gasteiger charge is 2.33. The second-order valence-electron chi connectivity index (χ2n) is 5.28. The smallest absolute Gasteiger partial charge is 0.270 e. The molecule has 0 spiro atoms. The Balaban J connectivity index is 1.92. The van der Waals surface area contributed by atoms with E-state index in [-0.39, 0.29) is 11.7 Å². The van der Waals surface area contributed by atoms with E-state index >= 15 is 0 Å². The van der Waals surface area contributed by atoms with Crippen LogP contribution in [0, 0.1) is 0 Å². The molecular weight excluding hydrogens is 458 g/mol. The quantitative estimate of drug-likeness (QED) is 0.465. The summed E-state index contributed by atoms with van der Waals surface area (Å²) in [6, 6.07) is 10.2. The van der Waals surface area contributed by atoms with Crippen LogP contribution in [0.2, 0.25) is 5.02 Å². The SMILES string of the molecule is CCOc1cc(/C=C2/SC(=S)N(c3ccc(Br)c(Cl)c3)C2=O)ccc1O. The van der Waals surface area contributed by atoms with Gasteiger partial charge in [-0.1, -0.05) is 41.6 Å². The predicted octanol–water partition coefficient (Wildman–Crippen LogP) is 5.61. The monoisotopic (exact) mass is 469 g/mol. The molecule has 1 N–H and O–H groups in total. The van der Waals surface area contributed by atoms with Crippen molar-refractivity contribution in [1.82, 2.24) is 0 Å². The van der Waals surface area contributed by atoms with Gasteiger partial charge < -0.3 is 9.84 Å². The van der Waals surface area contributed by atoms with Crippen molar-refractivity contribution in [3.63, 3.8) is 0 Å². The number of phenols is 1. The summed E-state index contributed by atoms with van der Waals surface area (Å²) in [6.07, 6.45) is 1.72. The van der Waals surface area contributed by atoms with E-state index < -0.39 is 0 Å². The number of halogens is 2. The molecule has 1 heterocycles. The third-order valence-electron chi connectivity index (χ3n) is 3.54. The van der Waals surface area contributed by atoms with Crippen LogP contribution in [0.4, 0.5) is 5.69 Å². The topological polar surface area (TPSA) is 49.8 Å². The van der Waals surface area contributed by atoms with Crippen molar-refractivity contribution in [3.8, 4) is 11.5 Å². The van der Waals surface area contributed by atoms with E-state index in [0.717, 1.165) is 10.0 Å². The minimum atomic E-state index is -0.218. The van der Waals surface area contributed by atoms with E-state index in [9.17, 15) is 9.90 Å². The lowest BCUT2D eigenvalue weighted by Gasteiger charge is -2.15. The van der Waals surface area contributed by atoms with Crippen molar-refractivity contribution in [2.24, 2.45) is 0 Å². The summed E-state index contributed by atoms with van der Waals surface area (Å²) in [7, 11) is 0. The summed E-state index contributed by atoms with van der Waals surface area (Å²) in [4.78, 5) is 14.7. The average Bonchev–Trinajstić information content (AvgIpc) is 2.87. The number of hydrogen-bond donors (Lipinski definition) is 1. The average molecular weight is 471 g/mol. The molecule has 1 fully saturated rings. The highest BCUT2D eigenvalue weighted by Crippen LogP contribution is 2.38. The number of aromatic hydroxyl groups is 1. The molecule has 4 nitrogen and oxygen atoms in total. The second-order valence-corrected chi connectivity index (χ2v) is 8.21. The van der Waals surface area contributed by atoms with Gasteiger partial charge in [-0.05, 0) is 64.8 Å². The van der Waals surface area contributed by atoms with Gasteiger partial charge in [0.15, 0.2) is 15.8 Å². The number of benzene rings is 2. The Kier molecular flexibility index (Phi) is 5.92. The van der Waals surface area contributed by atoms with Crippen molar-refractivity contribution >= 4 is 73.5 Å². The fourth-order valence-corrected chi connectivity index (χ4v) is 4.08. The molecule has 0 saturated carbocycles. The molecule has 2 aromatic rings. The third kappa shape index (κ3) is 3.91. The zero-order chi connectivity index (χ0) is 18.8. The van der Waals surface area contributed by atoms with Gasteiger partial charge in [-0.3, -0.25) is 9.69 Å². The molecule has 1 aliphatic rings. The number of carbonyl (C=O) groups excluding carboxylic acids is 1. The van der Waals surface area contributed by atoms with Gasteiger partial charge in [0, 0.05) is 4.47 Å². The van der Waals surface area contributed by atoms with Crippen LogP contribution >= 0.6 is 51.5 Å². The van der Waals surface area contributed by atoms with Crippen LogP contribution in [-0.2, 0) is 4.79 Å². The predicted molar refractivity (Wildman–Crippen MR) is 114 cm³/mol. The van der Waals surface area contributed by atoms with Gasteiger partial charge in [0.25, 0.3) is 5.91 Å². The van der Waals surface area contributed by atoms with Crippen LogP contribution in [0.5, 0.6) is 11.5 Å². The van der Waals surface area contributed by atoms with Crippen LogP contribution in [0.15, 0.2) is 45.8 Å². The van der Waals surface area contributed by atoms with Crippen LogP contribution in [-0.4, -0.2) is 21.9 Å². The molecule has 26 heavy (non-hydrogen) atoms. The van der Waals surface area contributed by atoms with E-state index in [2.05, 4.69) is 15.9 Å². The Morgan fingerprint density at radius 1 is 1.35 bits per heavy atom. The largest absolute Gasteiger partial charge is 0.504 e. The first kappa shape index (κ1) is 19.2. The van der Waals surface area contributed by atoms with E-state index in [4.69, 9.17) is 28.6 Å². The fourth-order valence-electron chi connectivity index (χ4n) is 2.36. The second kappa shape index (κ2) is 8.00. The van der Waals surface area contributed by atoms with Crippen LogP contribution in [0.25, 0.3) is 6.08 Å². The summed E-state index contributed by atoms with van der Waals surface area (Å²) < 4.78 is 6.56. The molecule has 1 saturated heterocycles. The van der Waals surface area contributed by atoms with Crippen LogP contribution in [0.1, 0.15) is 12.5 Å². The van der Waals surface area contributed by atoms with E-state index in [1.54, 1.807) is 36.4 Å². The summed E-state index contributed by atoms with van der Waals surface area (Å²) in [5.41, 5.74) is 1.35. The highest BCUT2D eigenvalue weighted by atomic mass is 79.9. The summed E-state index contributed by atoms with van der Waals surface area (Å²) in [5.74, 6) is 0.210. The Morgan fingerprint density at radius 3 is 2.81 bits per heavy atom. The molecule has 3 rings (SSSR count). The molecular formula is C18H13BrClNO3S2. The first-order valence-corrected chi connectivity index (χ1v) is 9.99. The van der Waals surface area contributed by atoms with Gasteiger partial charge in [-0.15, -0.1) is 0 Å². The molecule has 2 aromatic carbocycles. The normalized spacial score (nSPS) is 15.8. The fraction of sp³-hybridized carbons (Fsp3) is 0.111. The molecule has 1 aliphatic heterocycles. The Morgan fingerprint density at radius 2 is 2.12 bits per heavy atom. The minimum absolute atomic E-state index is 0.0565. The number of ether oxygens (including phenoxy) is 1. The summed E-state index contributed by atoms with van der Waals surface area (Å²) in [6.45, 7) is 2.27. The van der Waals surface area contributed by atoms with Gasteiger partial charge >= 0.3 is 0 Å². The zero-order valence-electron chi connectivity index (χ0n) is 13.5. The van der Waals surface area contributed by atoms with Gasteiger partial charge in [0.2, 0.25) is 0 Å². The van der Waals surface area contributed by atoms with E-state index in [1.165, 1.54) is 22.7 Å². The third-order valence-corrected chi connectivity index (χ3v) is 6.07. The van der Waals surface area contributed by atoms with E-state index in [0.29, 0.717) is 32.3 Å². The minimum Gasteiger partial charge on any atom is -0.504 e. The number of anilines is 1. The number of thiocarbonyl (C=S) groups is 1. The van der Waals surface area contributed by atoms with Crippen molar-refractivity contribution < 1.29 is 14.6 Å². The first-order chi connectivity index (χ1) is 12.4. The summed E-state index contributed by atoms with van der Waals surface area (Å²) >= 11 is 16.0. The lowest BCUT2D eigenvalue weighted by molar-refractivity contribution is -0.113. The van der Waals surface area contributed by atoms with Gasteiger partial charge in [0.05, 0.1) is 22.2 Å². The molecule has 0 bridgehead atoms. The molecule has 134 valence electrons. The zero-order valence-corrected chi connectivity index (χ0v) is 17.5. The van der Waals surface area contributed by atoms with Gasteiger partial charge in [0.1, 0.15) is 0 Å². The van der Waals surface area contributed by atoms with Crippen molar-refractivity contribution in [3.05, 3.63) is 56.4 Å². The summed E-state index contributed by atoms with van der Waals surface area (Å²) in [5, 5.41) is 10.3. The molecule has 8 heteroatoms. The molecule has 1 amide bonds. The molecule has 0 aliphatic carbocycles. The molecule has 0 radical (unpaired) electrons.